The minimum Gasteiger partial charge on any atom is -0.494 e. The van der Waals surface area contributed by atoms with E-state index in [2.05, 4.69) is 15.3 Å². The van der Waals surface area contributed by atoms with Crippen LogP contribution < -0.4 is 10.1 Å². The summed E-state index contributed by atoms with van der Waals surface area (Å²) in [6, 6.07) is 24.2. The fourth-order valence-electron chi connectivity index (χ4n) is 5.42. The van der Waals surface area contributed by atoms with Crippen molar-refractivity contribution in [3.8, 4) is 5.75 Å². The van der Waals surface area contributed by atoms with E-state index in [1.165, 1.54) is 18.2 Å². The van der Waals surface area contributed by atoms with Crippen LogP contribution in [0.25, 0.3) is 10.4 Å². The molecule has 0 aromatic heterocycles. The van der Waals surface area contributed by atoms with E-state index in [4.69, 9.17) is 25.1 Å². The quantitative estimate of drug-likeness (QED) is 0.0676. The smallest absolute Gasteiger partial charge is 0.252 e. The van der Waals surface area contributed by atoms with Crippen molar-refractivity contribution in [1.82, 2.24) is 5.32 Å². The summed E-state index contributed by atoms with van der Waals surface area (Å²) in [6.07, 6.45) is -1.12. The molecule has 2 atom stereocenters. The van der Waals surface area contributed by atoms with Crippen LogP contribution in [0.3, 0.4) is 0 Å². The zero-order chi connectivity index (χ0) is 34.9. The fourth-order valence-corrected chi connectivity index (χ4v) is 6.81. The molecule has 14 heteroatoms. The lowest BCUT2D eigenvalue weighted by Crippen LogP contribution is -2.49. The van der Waals surface area contributed by atoms with Gasteiger partial charge < -0.3 is 19.9 Å². The highest BCUT2D eigenvalue weighted by Crippen LogP contribution is 2.44. The van der Waals surface area contributed by atoms with E-state index in [9.17, 15) is 22.0 Å². The molecule has 11 nitrogen and oxygen atoms in total. The van der Waals surface area contributed by atoms with Crippen LogP contribution >= 0.6 is 0 Å². The van der Waals surface area contributed by atoms with Crippen molar-refractivity contribution >= 4 is 21.6 Å². The van der Waals surface area contributed by atoms with Crippen LogP contribution in [0, 0.1) is 11.6 Å². The van der Waals surface area contributed by atoms with Crippen molar-refractivity contribution in [2.24, 2.45) is 10.1 Å². The number of benzene rings is 4. The lowest BCUT2D eigenvalue weighted by Gasteiger charge is -2.31. The number of azide groups is 1. The highest BCUT2D eigenvalue weighted by molar-refractivity contribution is 7.91. The summed E-state index contributed by atoms with van der Waals surface area (Å²) in [6.45, 7) is -0.174. The van der Waals surface area contributed by atoms with Crippen LogP contribution in [0.1, 0.15) is 41.2 Å². The Balaban J connectivity index is 1.60. The van der Waals surface area contributed by atoms with Crippen molar-refractivity contribution in [3.63, 3.8) is 0 Å². The highest BCUT2D eigenvalue weighted by atomic mass is 32.2. The molecule has 0 bridgehead atoms. The first kappa shape index (κ1) is 35.0. The minimum absolute atomic E-state index is 0.00187. The molecule has 0 saturated heterocycles. The average Bonchev–Trinajstić information content (AvgIpc) is 3.51. The first-order valence-corrected chi connectivity index (χ1v) is 17.0. The summed E-state index contributed by atoms with van der Waals surface area (Å²) in [4.78, 5) is 22.2. The number of aliphatic hydroxyl groups excluding tert-OH is 1. The molecule has 49 heavy (non-hydrogen) atoms. The van der Waals surface area contributed by atoms with Gasteiger partial charge in [-0.15, -0.1) is 0 Å². The standard InChI is InChI=1S/C35H33F2N5O6S/c36-27-14-11-26(31(37)21-27)22-39-34(44)35(17-20-49(45,46)29-8-2-1-3-9-29)32(30-10-5-4-7-25(30)23-40-42-38)48-33(41-35)24-12-15-28(16-13-24)47-19-6-18-43/h1-5,7-16,21,32,43H,6,17-20,22-23H2,(H,39,44)/t32-,35-/m1/s1. The van der Waals surface area contributed by atoms with Gasteiger partial charge in [0.25, 0.3) is 5.91 Å². The number of rotatable bonds is 15. The van der Waals surface area contributed by atoms with E-state index in [-0.39, 0.29) is 42.5 Å². The minimum atomic E-state index is -3.93. The van der Waals surface area contributed by atoms with Crippen LogP contribution in [-0.2, 0) is 32.5 Å². The second-order valence-corrected chi connectivity index (χ2v) is 13.3. The van der Waals surface area contributed by atoms with E-state index in [1.807, 2.05) is 0 Å². The molecule has 1 heterocycles. The fraction of sp³-hybridized carbons (Fsp3) is 0.257. The van der Waals surface area contributed by atoms with Crippen LogP contribution in [0.5, 0.6) is 5.75 Å². The van der Waals surface area contributed by atoms with Crippen LogP contribution in [0.4, 0.5) is 8.78 Å². The average molecular weight is 690 g/mol. The van der Waals surface area contributed by atoms with Crippen molar-refractivity contribution in [1.29, 1.82) is 0 Å². The zero-order valence-electron chi connectivity index (χ0n) is 26.2. The van der Waals surface area contributed by atoms with E-state index in [1.54, 1.807) is 66.7 Å². The molecule has 1 amide bonds. The summed E-state index contributed by atoms with van der Waals surface area (Å²) in [5.41, 5.74) is 8.53. The number of amides is 1. The molecule has 1 aliphatic heterocycles. The van der Waals surface area contributed by atoms with Crippen molar-refractivity contribution in [2.45, 2.75) is 42.5 Å². The monoisotopic (exact) mass is 689 g/mol. The molecule has 2 N–H and O–H groups in total. The number of nitrogens with one attached hydrogen (secondary N) is 1. The SMILES string of the molecule is [N-]=[N+]=NCc1ccccc1[C@H]1OC(c2ccc(OCCCO)cc2)=N[C@@]1(CCS(=O)(=O)c1ccccc1)C(=O)NCc1ccc(F)cc1F. The summed E-state index contributed by atoms with van der Waals surface area (Å²) < 4.78 is 67.4. The molecule has 1 aliphatic rings. The number of nitrogens with zero attached hydrogens (tertiary/aromatic N) is 4. The molecule has 0 spiro atoms. The third-order valence-electron chi connectivity index (χ3n) is 7.98. The van der Waals surface area contributed by atoms with E-state index in [0.717, 1.165) is 6.07 Å². The predicted octanol–water partition coefficient (Wildman–Crippen LogP) is 5.97. The Bertz CT molecular complexity index is 1970. The van der Waals surface area contributed by atoms with Gasteiger partial charge in [-0.05, 0) is 59.1 Å². The number of hydrogen-bond donors (Lipinski definition) is 2. The van der Waals surface area contributed by atoms with Gasteiger partial charge in [-0.1, -0.05) is 53.6 Å². The third kappa shape index (κ3) is 8.23. The second kappa shape index (κ2) is 15.7. The van der Waals surface area contributed by atoms with Crippen molar-refractivity contribution in [2.75, 3.05) is 19.0 Å². The maximum Gasteiger partial charge on any atom is 0.252 e. The van der Waals surface area contributed by atoms with E-state index < -0.39 is 44.8 Å². The number of sulfone groups is 1. The van der Waals surface area contributed by atoms with Crippen molar-refractivity contribution < 1.29 is 36.6 Å². The molecule has 0 aliphatic carbocycles. The van der Waals surface area contributed by atoms with Gasteiger partial charge in [0.05, 0.1) is 23.8 Å². The van der Waals surface area contributed by atoms with Gasteiger partial charge in [0.1, 0.15) is 17.4 Å². The molecule has 254 valence electrons. The Morgan fingerprint density at radius 1 is 1.02 bits per heavy atom. The second-order valence-electron chi connectivity index (χ2n) is 11.2. The number of ether oxygens (including phenoxy) is 2. The Morgan fingerprint density at radius 3 is 2.47 bits per heavy atom. The number of carbonyl (C=O) groups is 1. The maximum atomic E-state index is 14.6. The Hall–Kier alpha value is -5.30. The normalized spacial score (nSPS) is 17.0. The molecular weight excluding hydrogens is 656 g/mol. The van der Waals surface area contributed by atoms with Gasteiger partial charge in [-0.25, -0.2) is 22.2 Å². The van der Waals surface area contributed by atoms with E-state index in [0.29, 0.717) is 41.5 Å². The topological polar surface area (TPSA) is 163 Å². The van der Waals surface area contributed by atoms with Crippen LogP contribution in [0.15, 0.2) is 112 Å². The Morgan fingerprint density at radius 2 is 1.76 bits per heavy atom. The zero-order valence-corrected chi connectivity index (χ0v) is 27.0. The number of aliphatic imine (C=N–C) groups is 1. The Kier molecular flexibility index (Phi) is 11.2. The van der Waals surface area contributed by atoms with Gasteiger partial charge in [0.2, 0.25) is 5.90 Å². The predicted molar refractivity (Wildman–Crippen MR) is 177 cm³/mol. The van der Waals surface area contributed by atoms with Crippen LogP contribution in [-0.4, -0.2) is 49.8 Å². The molecular formula is C35H33F2N5O6S. The van der Waals surface area contributed by atoms with Gasteiger partial charge >= 0.3 is 0 Å². The molecule has 0 saturated carbocycles. The summed E-state index contributed by atoms with van der Waals surface area (Å²) in [5, 5.41) is 15.4. The number of carbonyl (C=O) groups excluding carboxylic acids is 1. The summed E-state index contributed by atoms with van der Waals surface area (Å²) >= 11 is 0. The van der Waals surface area contributed by atoms with Crippen molar-refractivity contribution in [3.05, 3.63) is 141 Å². The number of halogens is 2. The van der Waals surface area contributed by atoms with Gasteiger partial charge in [-0.2, -0.15) is 0 Å². The molecule has 0 fully saturated rings. The maximum absolute atomic E-state index is 14.6. The molecule has 4 aromatic rings. The molecule has 0 radical (unpaired) electrons. The lowest BCUT2D eigenvalue weighted by molar-refractivity contribution is -0.129. The largest absolute Gasteiger partial charge is 0.494 e. The summed E-state index contributed by atoms with van der Waals surface area (Å²) in [5.74, 6) is -2.37. The summed E-state index contributed by atoms with van der Waals surface area (Å²) in [7, 11) is -3.93. The number of hydrogen-bond acceptors (Lipinski definition) is 8. The highest BCUT2D eigenvalue weighted by Gasteiger charge is 2.54. The lowest BCUT2D eigenvalue weighted by atomic mass is 9.83. The first-order valence-electron chi connectivity index (χ1n) is 15.4. The molecule has 0 unspecified atom stereocenters. The third-order valence-corrected chi connectivity index (χ3v) is 9.71. The van der Waals surface area contributed by atoms with Gasteiger partial charge in [0, 0.05) is 48.1 Å². The Labute approximate surface area is 281 Å². The molecule has 5 rings (SSSR count). The van der Waals surface area contributed by atoms with Crippen LogP contribution in [0.2, 0.25) is 0 Å². The van der Waals surface area contributed by atoms with E-state index >= 15 is 0 Å². The number of aliphatic hydroxyl groups is 1. The van der Waals surface area contributed by atoms with Gasteiger partial charge in [-0.3, -0.25) is 4.79 Å². The first-order chi connectivity index (χ1) is 23.7. The molecule has 4 aromatic carbocycles. The van der Waals surface area contributed by atoms with Gasteiger partial charge in [0.15, 0.2) is 21.5 Å².